The molecule has 0 bridgehead atoms. The molecule has 0 aliphatic heterocycles. The Morgan fingerprint density at radius 1 is 1.04 bits per heavy atom. The first-order chi connectivity index (χ1) is 11.9. The summed E-state index contributed by atoms with van der Waals surface area (Å²) in [6.45, 7) is 4.39. The second kappa shape index (κ2) is 9.49. The maximum absolute atomic E-state index is 12.0. The van der Waals surface area contributed by atoms with Gasteiger partial charge in [-0.15, -0.1) is 11.8 Å². The van der Waals surface area contributed by atoms with Crippen LogP contribution < -0.4 is 10.6 Å². The fraction of sp³-hybridized carbons (Fsp3) is 0.263. The van der Waals surface area contributed by atoms with Crippen LogP contribution in [0.4, 0.5) is 5.69 Å². The molecule has 0 fully saturated rings. The number of benzene rings is 2. The third-order valence-corrected chi connectivity index (χ3v) is 4.67. The zero-order valence-electron chi connectivity index (χ0n) is 14.3. The highest BCUT2D eigenvalue weighted by Crippen LogP contribution is 2.16. The van der Waals surface area contributed by atoms with Gasteiger partial charge in [-0.3, -0.25) is 9.59 Å². The number of hydrogen-bond acceptors (Lipinski definition) is 3. The lowest BCUT2D eigenvalue weighted by Gasteiger charge is -2.09. The first-order valence-corrected chi connectivity index (χ1v) is 9.43. The summed E-state index contributed by atoms with van der Waals surface area (Å²) in [6, 6.07) is 13.2. The number of nitrogens with one attached hydrogen (secondary N) is 2. The molecule has 0 spiro atoms. The number of rotatable bonds is 7. The molecular formula is C19H21ClN2O2S. The monoisotopic (exact) mass is 376 g/mol. The first kappa shape index (κ1) is 19.3. The molecule has 0 aliphatic carbocycles. The highest BCUT2D eigenvalue weighted by atomic mass is 35.5. The van der Waals surface area contributed by atoms with Gasteiger partial charge in [0.1, 0.15) is 0 Å². The van der Waals surface area contributed by atoms with Gasteiger partial charge in [0.15, 0.2) is 0 Å². The summed E-state index contributed by atoms with van der Waals surface area (Å²) in [5, 5.41) is 6.33. The number of hydrogen-bond donors (Lipinski definition) is 2. The minimum Gasteiger partial charge on any atom is -0.351 e. The Morgan fingerprint density at radius 3 is 2.52 bits per heavy atom. The minimum atomic E-state index is -0.111. The van der Waals surface area contributed by atoms with E-state index in [0.29, 0.717) is 11.6 Å². The van der Waals surface area contributed by atoms with E-state index in [0.717, 1.165) is 22.4 Å². The summed E-state index contributed by atoms with van der Waals surface area (Å²) in [5.41, 5.74) is 3.93. The van der Waals surface area contributed by atoms with Crippen molar-refractivity contribution in [1.29, 1.82) is 0 Å². The summed E-state index contributed by atoms with van der Waals surface area (Å²) in [5.74, 6) is 0.252. The number of halogens is 1. The van der Waals surface area contributed by atoms with E-state index in [1.165, 1.54) is 11.8 Å². The van der Waals surface area contributed by atoms with Crippen LogP contribution in [-0.2, 0) is 16.1 Å². The Morgan fingerprint density at radius 2 is 1.80 bits per heavy atom. The molecule has 4 nitrogen and oxygen atoms in total. The van der Waals surface area contributed by atoms with Gasteiger partial charge in [-0.2, -0.15) is 0 Å². The predicted octanol–water partition coefficient (Wildman–Crippen LogP) is 3.94. The second-order valence-corrected chi connectivity index (χ2v) is 7.19. The third-order valence-electron chi connectivity index (χ3n) is 3.50. The molecule has 25 heavy (non-hydrogen) atoms. The second-order valence-electron chi connectivity index (χ2n) is 5.77. The number of anilines is 1. The Kier molecular flexibility index (Phi) is 7.34. The molecule has 0 aromatic heterocycles. The minimum absolute atomic E-state index is 0.107. The lowest BCUT2D eigenvalue weighted by molar-refractivity contribution is -0.118. The van der Waals surface area contributed by atoms with E-state index in [1.807, 2.05) is 50.2 Å². The Balaban J connectivity index is 1.69. The molecule has 0 heterocycles. The smallest absolute Gasteiger partial charge is 0.234 e. The Labute approximate surface area is 157 Å². The van der Waals surface area contributed by atoms with Crippen LogP contribution in [0, 0.1) is 13.8 Å². The van der Waals surface area contributed by atoms with Gasteiger partial charge in [0.2, 0.25) is 11.8 Å². The van der Waals surface area contributed by atoms with Gasteiger partial charge in [-0.05, 0) is 43.2 Å². The van der Waals surface area contributed by atoms with Crippen LogP contribution in [0.5, 0.6) is 0 Å². The third kappa shape index (κ3) is 6.80. The molecule has 2 rings (SSSR count). The molecule has 2 N–H and O–H groups in total. The number of carbonyl (C=O) groups is 2. The van der Waals surface area contributed by atoms with E-state index in [4.69, 9.17) is 11.6 Å². The molecule has 0 radical (unpaired) electrons. The van der Waals surface area contributed by atoms with Crippen molar-refractivity contribution in [2.24, 2.45) is 0 Å². The number of thioether (sulfide) groups is 1. The van der Waals surface area contributed by atoms with E-state index < -0.39 is 0 Å². The fourth-order valence-electron chi connectivity index (χ4n) is 2.28. The first-order valence-electron chi connectivity index (χ1n) is 7.90. The van der Waals surface area contributed by atoms with Gasteiger partial charge in [0, 0.05) is 17.3 Å². The van der Waals surface area contributed by atoms with Crippen molar-refractivity contribution in [3.8, 4) is 0 Å². The normalized spacial score (nSPS) is 10.4. The molecule has 0 saturated heterocycles. The fourth-order valence-corrected chi connectivity index (χ4v) is 3.14. The lowest BCUT2D eigenvalue weighted by atomic mass is 10.1. The summed E-state index contributed by atoms with van der Waals surface area (Å²) in [4.78, 5) is 23.8. The van der Waals surface area contributed by atoms with Crippen LogP contribution in [0.25, 0.3) is 0 Å². The van der Waals surface area contributed by atoms with Gasteiger partial charge < -0.3 is 10.6 Å². The van der Waals surface area contributed by atoms with E-state index >= 15 is 0 Å². The summed E-state index contributed by atoms with van der Waals surface area (Å²) in [7, 11) is 0. The van der Waals surface area contributed by atoms with E-state index in [9.17, 15) is 9.59 Å². The predicted molar refractivity (Wildman–Crippen MR) is 105 cm³/mol. The summed E-state index contributed by atoms with van der Waals surface area (Å²) >= 11 is 7.19. The van der Waals surface area contributed by atoms with Crippen molar-refractivity contribution in [3.63, 3.8) is 0 Å². The van der Waals surface area contributed by atoms with Crippen molar-refractivity contribution in [2.75, 3.05) is 16.8 Å². The molecule has 0 atom stereocenters. The standard InChI is InChI=1S/C19H21ClN2O2S/c1-13-6-7-17(14(2)8-13)22-19(24)12-25-11-18(23)21-10-15-4-3-5-16(20)9-15/h3-9H,10-12H2,1-2H3,(H,21,23)(H,22,24). The number of aryl methyl sites for hydroxylation is 2. The molecule has 2 aromatic rings. The zero-order valence-corrected chi connectivity index (χ0v) is 15.8. The highest BCUT2D eigenvalue weighted by Gasteiger charge is 2.07. The topological polar surface area (TPSA) is 58.2 Å². The SMILES string of the molecule is Cc1ccc(NC(=O)CSCC(=O)NCc2cccc(Cl)c2)c(C)c1. The molecule has 0 unspecified atom stereocenters. The van der Waals surface area contributed by atoms with Crippen molar-refractivity contribution >= 4 is 40.9 Å². The molecule has 132 valence electrons. The van der Waals surface area contributed by atoms with Crippen LogP contribution in [0.3, 0.4) is 0 Å². The number of carbonyl (C=O) groups excluding carboxylic acids is 2. The van der Waals surface area contributed by atoms with E-state index in [2.05, 4.69) is 10.6 Å². The Bertz CT molecular complexity index is 765. The van der Waals surface area contributed by atoms with Crippen molar-refractivity contribution < 1.29 is 9.59 Å². The average Bonchev–Trinajstić information content (AvgIpc) is 2.56. The quantitative estimate of drug-likeness (QED) is 0.769. The molecule has 0 saturated carbocycles. The number of amides is 2. The van der Waals surface area contributed by atoms with Gasteiger partial charge in [0.05, 0.1) is 11.5 Å². The molecule has 6 heteroatoms. The van der Waals surface area contributed by atoms with Gasteiger partial charge in [-0.25, -0.2) is 0 Å². The molecule has 2 amide bonds. The van der Waals surface area contributed by atoms with Crippen molar-refractivity contribution in [1.82, 2.24) is 5.32 Å². The van der Waals surface area contributed by atoms with Gasteiger partial charge in [0.25, 0.3) is 0 Å². The molecular weight excluding hydrogens is 356 g/mol. The highest BCUT2D eigenvalue weighted by molar-refractivity contribution is 8.00. The molecule has 0 aliphatic rings. The summed E-state index contributed by atoms with van der Waals surface area (Å²) in [6.07, 6.45) is 0. The van der Waals surface area contributed by atoms with Crippen molar-refractivity contribution in [3.05, 3.63) is 64.2 Å². The van der Waals surface area contributed by atoms with Crippen LogP contribution in [0.1, 0.15) is 16.7 Å². The maximum Gasteiger partial charge on any atom is 0.234 e. The van der Waals surface area contributed by atoms with Crippen LogP contribution >= 0.6 is 23.4 Å². The average molecular weight is 377 g/mol. The van der Waals surface area contributed by atoms with Crippen LogP contribution in [-0.4, -0.2) is 23.3 Å². The molecule has 2 aromatic carbocycles. The van der Waals surface area contributed by atoms with Crippen LogP contribution in [0.15, 0.2) is 42.5 Å². The van der Waals surface area contributed by atoms with Crippen LogP contribution in [0.2, 0.25) is 5.02 Å². The summed E-state index contributed by atoms with van der Waals surface area (Å²) < 4.78 is 0. The lowest BCUT2D eigenvalue weighted by Crippen LogP contribution is -2.25. The van der Waals surface area contributed by atoms with Gasteiger partial charge in [-0.1, -0.05) is 41.4 Å². The van der Waals surface area contributed by atoms with E-state index in [-0.39, 0.29) is 23.3 Å². The Hall–Kier alpha value is -1.98. The van der Waals surface area contributed by atoms with Gasteiger partial charge >= 0.3 is 0 Å². The maximum atomic E-state index is 12.0. The largest absolute Gasteiger partial charge is 0.351 e. The van der Waals surface area contributed by atoms with E-state index in [1.54, 1.807) is 6.07 Å². The zero-order chi connectivity index (χ0) is 18.2. The van der Waals surface area contributed by atoms with Crippen molar-refractivity contribution in [2.45, 2.75) is 20.4 Å².